The van der Waals surface area contributed by atoms with Gasteiger partial charge in [0, 0.05) is 11.3 Å². The highest BCUT2D eigenvalue weighted by atomic mass is 32.1. The zero-order valence-corrected chi connectivity index (χ0v) is 14.4. The predicted octanol–water partition coefficient (Wildman–Crippen LogP) is 4.00. The maximum Gasteiger partial charge on any atom is 0.201 e. The Morgan fingerprint density at radius 2 is 1.95 bits per heavy atom. The summed E-state index contributed by atoms with van der Waals surface area (Å²) in [4.78, 5) is 14.8. The Labute approximate surface area is 132 Å². The first-order valence-corrected chi connectivity index (χ1v) is 9.27. The molecular formula is C18H28NOS+. The van der Waals surface area contributed by atoms with Crippen molar-refractivity contribution >= 4 is 17.1 Å². The summed E-state index contributed by atoms with van der Waals surface area (Å²) in [6.07, 6.45) is 7.47. The number of rotatable bonds is 2. The molecule has 21 heavy (non-hydrogen) atoms. The van der Waals surface area contributed by atoms with E-state index in [1.807, 2.05) is 0 Å². The highest BCUT2D eigenvalue weighted by Crippen LogP contribution is 2.49. The summed E-state index contributed by atoms with van der Waals surface area (Å²) in [6, 6.07) is 4.45. The standard InChI is InChI=1S/C18H28NOS/c1-14-17(20)18(11-12-19(14,2)3,16-10-7-13-21-16)15-8-5-4-6-9-15/h7,10,13-15H,4-6,8-9,11-12H2,1-3H3/q+1/t14-,18-/m0/s1. The second-order valence-electron chi connectivity index (χ2n) is 7.58. The van der Waals surface area contributed by atoms with Crippen molar-refractivity contribution in [2.45, 2.75) is 56.9 Å². The van der Waals surface area contributed by atoms with Crippen molar-refractivity contribution in [3.05, 3.63) is 22.4 Å². The highest BCUT2D eigenvalue weighted by molar-refractivity contribution is 7.10. The molecule has 1 aliphatic heterocycles. The maximum atomic E-state index is 13.5. The summed E-state index contributed by atoms with van der Waals surface area (Å²) in [5.41, 5.74) is -0.179. The van der Waals surface area contributed by atoms with Crippen molar-refractivity contribution in [3.8, 4) is 0 Å². The molecule has 0 bridgehead atoms. The number of Topliss-reactive ketones (excluding diaryl/α,β-unsaturated/α-hetero) is 1. The fourth-order valence-corrected chi connectivity index (χ4v) is 5.49. The number of hydrogen-bond acceptors (Lipinski definition) is 2. The van der Waals surface area contributed by atoms with Gasteiger partial charge in [0.2, 0.25) is 5.78 Å². The van der Waals surface area contributed by atoms with E-state index in [1.54, 1.807) is 11.3 Å². The van der Waals surface area contributed by atoms with Crippen molar-refractivity contribution < 1.29 is 9.28 Å². The summed E-state index contributed by atoms with van der Waals surface area (Å²) in [5, 5.41) is 2.15. The van der Waals surface area contributed by atoms with Crippen molar-refractivity contribution in [2.24, 2.45) is 5.92 Å². The number of likely N-dealkylation sites (N-methyl/N-ethyl adjacent to an activating group) is 1. The van der Waals surface area contributed by atoms with E-state index in [9.17, 15) is 4.79 Å². The summed E-state index contributed by atoms with van der Waals surface area (Å²) in [6.45, 7) is 3.26. The van der Waals surface area contributed by atoms with E-state index in [0.717, 1.165) is 17.4 Å². The SMILES string of the molecule is C[C@H]1C(=O)[C@](c2cccs2)(C2CCCCC2)CC[N+]1(C)C. The largest absolute Gasteiger partial charge is 0.320 e. The molecule has 1 aromatic heterocycles. The van der Waals surface area contributed by atoms with Crippen molar-refractivity contribution in [1.82, 2.24) is 0 Å². The van der Waals surface area contributed by atoms with Gasteiger partial charge >= 0.3 is 0 Å². The zero-order chi connectivity index (χ0) is 15.1. The summed E-state index contributed by atoms with van der Waals surface area (Å²) in [7, 11) is 4.42. The number of thiophene rings is 1. The number of likely N-dealkylation sites (tertiary alicyclic amines) is 1. The van der Waals surface area contributed by atoms with Crippen LogP contribution in [0.3, 0.4) is 0 Å². The quantitative estimate of drug-likeness (QED) is 0.755. The van der Waals surface area contributed by atoms with Gasteiger partial charge in [-0.3, -0.25) is 4.79 Å². The van der Waals surface area contributed by atoms with Gasteiger partial charge in [-0.1, -0.05) is 25.3 Å². The van der Waals surface area contributed by atoms with Crippen molar-refractivity contribution in [3.63, 3.8) is 0 Å². The molecule has 0 spiro atoms. The third kappa shape index (κ3) is 2.39. The first kappa shape index (κ1) is 15.2. The summed E-state index contributed by atoms with van der Waals surface area (Å²) in [5.74, 6) is 1.08. The number of nitrogens with zero attached hydrogens (tertiary/aromatic N) is 1. The number of hydrogen-bond donors (Lipinski definition) is 0. The lowest BCUT2D eigenvalue weighted by atomic mass is 9.60. The first-order valence-electron chi connectivity index (χ1n) is 8.39. The lowest BCUT2D eigenvalue weighted by Crippen LogP contribution is -2.64. The van der Waals surface area contributed by atoms with E-state index in [0.29, 0.717) is 11.7 Å². The number of quaternary nitrogens is 1. The van der Waals surface area contributed by atoms with Crippen LogP contribution in [-0.2, 0) is 10.2 Å². The normalized spacial score (nSPS) is 34.0. The molecule has 1 saturated heterocycles. The Kier molecular flexibility index (Phi) is 4.00. The van der Waals surface area contributed by atoms with Crippen LogP contribution in [0.5, 0.6) is 0 Å². The predicted molar refractivity (Wildman–Crippen MR) is 88.6 cm³/mol. The maximum absolute atomic E-state index is 13.5. The highest BCUT2D eigenvalue weighted by Gasteiger charge is 2.56. The van der Waals surface area contributed by atoms with E-state index in [1.165, 1.54) is 37.0 Å². The molecule has 0 N–H and O–H groups in total. The van der Waals surface area contributed by atoms with Crippen LogP contribution in [0, 0.1) is 5.92 Å². The fraction of sp³-hybridized carbons (Fsp3) is 0.722. The van der Waals surface area contributed by atoms with Crippen LogP contribution in [0.1, 0.15) is 50.3 Å². The molecule has 1 saturated carbocycles. The third-order valence-corrected chi connectivity index (χ3v) is 7.26. The van der Waals surface area contributed by atoms with E-state index < -0.39 is 0 Å². The van der Waals surface area contributed by atoms with Crippen LogP contribution in [0.2, 0.25) is 0 Å². The van der Waals surface area contributed by atoms with Crippen LogP contribution in [-0.4, -0.2) is 36.9 Å². The molecule has 1 aliphatic carbocycles. The average molecular weight is 306 g/mol. The van der Waals surface area contributed by atoms with E-state index >= 15 is 0 Å². The van der Waals surface area contributed by atoms with Gasteiger partial charge in [0.25, 0.3) is 0 Å². The Bertz CT molecular complexity index is 501. The molecule has 2 heterocycles. The topological polar surface area (TPSA) is 17.1 Å². The summed E-state index contributed by atoms with van der Waals surface area (Å²) >= 11 is 1.80. The Morgan fingerprint density at radius 1 is 1.24 bits per heavy atom. The molecule has 3 heteroatoms. The average Bonchev–Trinajstić information content (AvgIpc) is 3.01. The minimum absolute atomic E-state index is 0.114. The fourth-order valence-electron chi connectivity index (χ4n) is 4.45. The molecule has 0 amide bonds. The van der Waals surface area contributed by atoms with E-state index in [2.05, 4.69) is 38.5 Å². The van der Waals surface area contributed by atoms with Crippen LogP contribution < -0.4 is 0 Å². The molecule has 2 fully saturated rings. The molecule has 0 unspecified atom stereocenters. The zero-order valence-electron chi connectivity index (χ0n) is 13.6. The number of piperidine rings is 1. The molecule has 0 radical (unpaired) electrons. The number of ketones is 1. The third-order valence-electron chi connectivity index (χ3n) is 6.21. The van der Waals surface area contributed by atoms with Gasteiger partial charge in [-0.2, -0.15) is 0 Å². The van der Waals surface area contributed by atoms with Gasteiger partial charge in [-0.25, -0.2) is 0 Å². The van der Waals surface area contributed by atoms with Crippen molar-refractivity contribution in [2.75, 3.05) is 20.6 Å². The molecule has 2 aliphatic rings. The number of carbonyl (C=O) groups is 1. The Morgan fingerprint density at radius 3 is 2.57 bits per heavy atom. The molecule has 2 atom stereocenters. The summed E-state index contributed by atoms with van der Waals surface area (Å²) < 4.78 is 0.846. The molecular weight excluding hydrogens is 278 g/mol. The van der Waals surface area contributed by atoms with E-state index in [4.69, 9.17) is 0 Å². The van der Waals surface area contributed by atoms with Crippen LogP contribution in [0.4, 0.5) is 0 Å². The van der Waals surface area contributed by atoms with Gasteiger partial charge < -0.3 is 4.48 Å². The Balaban J connectivity index is 2.03. The van der Waals surface area contributed by atoms with Crippen LogP contribution in [0.25, 0.3) is 0 Å². The van der Waals surface area contributed by atoms with Gasteiger partial charge in [-0.15, -0.1) is 11.3 Å². The van der Waals surface area contributed by atoms with Gasteiger partial charge in [0.1, 0.15) is 6.04 Å². The lowest BCUT2D eigenvalue weighted by Gasteiger charge is -2.50. The smallest absolute Gasteiger partial charge is 0.201 e. The van der Waals surface area contributed by atoms with Gasteiger partial charge in [-0.05, 0) is 37.1 Å². The van der Waals surface area contributed by atoms with Crippen LogP contribution >= 0.6 is 11.3 Å². The Hall–Kier alpha value is -0.670. The van der Waals surface area contributed by atoms with E-state index in [-0.39, 0.29) is 11.5 Å². The molecule has 116 valence electrons. The second-order valence-corrected chi connectivity index (χ2v) is 8.52. The molecule has 0 aromatic carbocycles. The molecule has 1 aromatic rings. The van der Waals surface area contributed by atoms with Gasteiger partial charge in [0.05, 0.1) is 26.1 Å². The molecule has 2 nitrogen and oxygen atoms in total. The first-order chi connectivity index (χ1) is 9.98. The van der Waals surface area contributed by atoms with Crippen molar-refractivity contribution in [1.29, 1.82) is 0 Å². The minimum Gasteiger partial charge on any atom is -0.320 e. The molecule has 3 rings (SSSR count). The van der Waals surface area contributed by atoms with Gasteiger partial charge in [0.15, 0.2) is 0 Å². The lowest BCUT2D eigenvalue weighted by molar-refractivity contribution is -0.907. The van der Waals surface area contributed by atoms with Crippen LogP contribution in [0.15, 0.2) is 17.5 Å². The minimum atomic E-state index is -0.179. The second kappa shape index (κ2) is 5.51. The monoisotopic (exact) mass is 306 g/mol. The number of carbonyl (C=O) groups excluding carboxylic acids is 1.